The molecule has 1 aromatic rings. The fourth-order valence-electron chi connectivity index (χ4n) is 3.36. The number of esters is 2. The first kappa shape index (κ1) is 24.4. The Morgan fingerprint density at radius 2 is 2.00 bits per heavy atom. The molecule has 10 heteroatoms. The van der Waals surface area contributed by atoms with E-state index in [9.17, 15) is 19.7 Å². The van der Waals surface area contributed by atoms with Gasteiger partial charge in [0.15, 0.2) is 0 Å². The molecule has 0 radical (unpaired) electrons. The fourth-order valence-corrected chi connectivity index (χ4v) is 4.55. The van der Waals surface area contributed by atoms with E-state index in [-0.39, 0.29) is 23.4 Å². The third-order valence-electron chi connectivity index (χ3n) is 4.91. The monoisotopic (exact) mass is 449 g/mol. The third-order valence-corrected chi connectivity index (χ3v) is 6.17. The molecule has 1 aromatic carbocycles. The average molecular weight is 450 g/mol. The van der Waals surface area contributed by atoms with Crippen molar-refractivity contribution < 1.29 is 24.0 Å². The van der Waals surface area contributed by atoms with Crippen molar-refractivity contribution in [1.82, 2.24) is 4.90 Å². The number of ether oxygens (including phenoxy) is 2. The van der Waals surface area contributed by atoms with Gasteiger partial charge in [0.1, 0.15) is 0 Å². The van der Waals surface area contributed by atoms with E-state index in [0.717, 1.165) is 6.42 Å². The van der Waals surface area contributed by atoms with Gasteiger partial charge in [0.05, 0.1) is 40.7 Å². The van der Waals surface area contributed by atoms with E-state index >= 15 is 0 Å². The van der Waals surface area contributed by atoms with Crippen LogP contribution in [0.3, 0.4) is 0 Å². The van der Waals surface area contributed by atoms with Crippen molar-refractivity contribution in [2.45, 2.75) is 26.2 Å². The Balaban J connectivity index is 2.79. The minimum absolute atomic E-state index is 0.140. The molecule has 31 heavy (non-hydrogen) atoms. The number of hydrogen-bond acceptors (Lipinski definition) is 9. The van der Waals surface area contributed by atoms with Crippen LogP contribution in [0.15, 0.2) is 46.1 Å². The highest BCUT2D eigenvalue weighted by atomic mass is 32.2. The maximum Gasteiger partial charge on any atom is 0.337 e. The van der Waals surface area contributed by atoms with Gasteiger partial charge in [-0.05, 0) is 32.4 Å². The Kier molecular flexibility index (Phi) is 8.64. The number of thioether (sulfide) groups is 1. The van der Waals surface area contributed by atoms with Crippen molar-refractivity contribution >= 4 is 29.4 Å². The van der Waals surface area contributed by atoms with Crippen molar-refractivity contribution in [1.29, 1.82) is 0 Å². The summed E-state index contributed by atoms with van der Waals surface area (Å²) in [5.74, 6) is -1.42. The Bertz CT molecular complexity index is 927. The van der Waals surface area contributed by atoms with Gasteiger partial charge in [-0.15, -0.1) is 11.8 Å². The molecule has 2 rings (SSSR count). The summed E-state index contributed by atoms with van der Waals surface area (Å²) < 4.78 is 10.3. The van der Waals surface area contributed by atoms with Crippen LogP contribution in [0.2, 0.25) is 0 Å². The van der Waals surface area contributed by atoms with Gasteiger partial charge >= 0.3 is 11.9 Å². The molecule has 1 heterocycles. The van der Waals surface area contributed by atoms with Crippen LogP contribution >= 0.6 is 11.8 Å². The van der Waals surface area contributed by atoms with E-state index in [0.29, 0.717) is 28.6 Å². The highest BCUT2D eigenvalue weighted by molar-refractivity contribution is 8.03. The lowest BCUT2D eigenvalue weighted by Crippen LogP contribution is -2.33. The maximum absolute atomic E-state index is 13.1. The van der Waals surface area contributed by atoms with Crippen molar-refractivity contribution in [3.05, 3.63) is 61.8 Å². The number of methoxy groups -OCH3 is 1. The number of nitro groups is 1. The molecule has 0 saturated heterocycles. The molecule has 2 N–H and O–H groups in total. The Labute approximate surface area is 185 Å². The number of rotatable bonds is 9. The van der Waals surface area contributed by atoms with Crippen LogP contribution < -0.4 is 5.73 Å². The molecular weight excluding hydrogens is 422 g/mol. The summed E-state index contributed by atoms with van der Waals surface area (Å²) in [5.41, 5.74) is 6.99. The van der Waals surface area contributed by atoms with Gasteiger partial charge in [0, 0.05) is 30.6 Å². The average Bonchev–Trinajstić information content (AvgIpc) is 2.76. The standard InChI is InChI=1S/C21H27N3O6S/c1-5-30-21(26)18-17(14-8-6-9-15(12-14)24(27)28)16(20(25)29-4)13(2)23(3)19(18)31-11-7-10-22/h6,8-9,12,17H,5,7,10-11,22H2,1-4H3. The zero-order chi connectivity index (χ0) is 23.1. The first-order chi connectivity index (χ1) is 14.8. The quantitative estimate of drug-likeness (QED) is 0.262. The first-order valence-corrected chi connectivity index (χ1v) is 10.8. The predicted molar refractivity (Wildman–Crippen MR) is 118 cm³/mol. The van der Waals surface area contributed by atoms with Gasteiger partial charge in [-0.2, -0.15) is 0 Å². The topological polar surface area (TPSA) is 125 Å². The van der Waals surface area contributed by atoms with E-state index in [1.54, 1.807) is 31.9 Å². The Morgan fingerprint density at radius 3 is 2.58 bits per heavy atom. The lowest BCUT2D eigenvalue weighted by Gasteiger charge is -2.36. The molecular formula is C21H27N3O6S. The third kappa shape index (κ3) is 5.26. The van der Waals surface area contributed by atoms with E-state index < -0.39 is 22.8 Å². The molecule has 0 saturated carbocycles. The number of non-ortho nitro benzene ring substituents is 1. The van der Waals surface area contributed by atoms with Crippen molar-refractivity contribution in [2.75, 3.05) is 33.1 Å². The molecule has 168 valence electrons. The molecule has 9 nitrogen and oxygen atoms in total. The lowest BCUT2D eigenvalue weighted by molar-refractivity contribution is -0.384. The number of benzene rings is 1. The van der Waals surface area contributed by atoms with Crippen LogP contribution in [0, 0.1) is 10.1 Å². The van der Waals surface area contributed by atoms with E-state index in [1.165, 1.54) is 37.1 Å². The summed E-state index contributed by atoms with van der Waals surface area (Å²) >= 11 is 1.43. The molecule has 0 spiro atoms. The van der Waals surface area contributed by atoms with Crippen molar-refractivity contribution in [3.8, 4) is 0 Å². The number of carbonyl (C=O) groups excluding carboxylic acids is 2. The first-order valence-electron chi connectivity index (χ1n) is 9.79. The van der Waals surface area contributed by atoms with Gasteiger partial charge in [0.25, 0.3) is 5.69 Å². The lowest BCUT2D eigenvalue weighted by atomic mass is 9.81. The molecule has 0 aromatic heterocycles. The smallest absolute Gasteiger partial charge is 0.337 e. The largest absolute Gasteiger partial charge is 0.466 e. The number of nitro benzene ring substituents is 1. The summed E-state index contributed by atoms with van der Waals surface area (Å²) in [6.07, 6.45) is 0.728. The van der Waals surface area contributed by atoms with Crippen LogP contribution in [0.4, 0.5) is 5.69 Å². The highest BCUT2D eigenvalue weighted by Crippen LogP contribution is 2.46. The fraction of sp³-hybridized carbons (Fsp3) is 0.429. The molecule has 0 bridgehead atoms. The molecule has 1 unspecified atom stereocenters. The molecule has 1 aliphatic rings. The summed E-state index contributed by atoms with van der Waals surface area (Å²) in [5, 5.41) is 12.0. The van der Waals surface area contributed by atoms with Crippen LogP contribution in [-0.4, -0.2) is 54.8 Å². The molecule has 0 amide bonds. The second kappa shape index (κ2) is 11.0. The molecule has 0 fully saturated rings. The van der Waals surface area contributed by atoms with Gasteiger partial charge < -0.3 is 20.1 Å². The molecule has 0 aliphatic carbocycles. The van der Waals surface area contributed by atoms with Gasteiger partial charge in [0.2, 0.25) is 0 Å². The summed E-state index contributed by atoms with van der Waals surface area (Å²) in [6, 6.07) is 5.91. The Morgan fingerprint density at radius 1 is 1.29 bits per heavy atom. The number of nitrogens with zero attached hydrogens (tertiary/aromatic N) is 2. The minimum Gasteiger partial charge on any atom is -0.466 e. The predicted octanol–water partition coefficient (Wildman–Crippen LogP) is 2.93. The number of carbonyl (C=O) groups is 2. The van der Waals surface area contributed by atoms with Crippen LogP contribution in [0.5, 0.6) is 0 Å². The van der Waals surface area contributed by atoms with Gasteiger partial charge in [-0.1, -0.05) is 12.1 Å². The second-order valence-corrected chi connectivity index (χ2v) is 7.85. The minimum atomic E-state index is -0.872. The summed E-state index contributed by atoms with van der Waals surface area (Å²) in [6.45, 7) is 4.08. The SMILES string of the molecule is CCOC(=O)C1=C(SCCCN)N(C)C(C)=C(C(=O)OC)C1c1cccc([N+](=O)[O-])c1. The number of nitrogens with two attached hydrogens (primary N) is 1. The zero-order valence-electron chi connectivity index (χ0n) is 18.0. The van der Waals surface area contributed by atoms with Crippen LogP contribution in [0.25, 0.3) is 0 Å². The van der Waals surface area contributed by atoms with Crippen molar-refractivity contribution in [2.24, 2.45) is 5.73 Å². The second-order valence-electron chi connectivity index (χ2n) is 6.76. The highest BCUT2D eigenvalue weighted by Gasteiger charge is 2.41. The van der Waals surface area contributed by atoms with E-state index in [1.807, 2.05) is 0 Å². The van der Waals surface area contributed by atoms with Crippen molar-refractivity contribution in [3.63, 3.8) is 0 Å². The maximum atomic E-state index is 13.1. The molecule has 1 atom stereocenters. The molecule has 1 aliphatic heterocycles. The van der Waals surface area contributed by atoms with Crippen LogP contribution in [0.1, 0.15) is 31.7 Å². The normalized spacial score (nSPS) is 16.4. The van der Waals surface area contributed by atoms with Gasteiger partial charge in [-0.25, -0.2) is 9.59 Å². The van der Waals surface area contributed by atoms with Gasteiger partial charge in [-0.3, -0.25) is 10.1 Å². The van der Waals surface area contributed by atoms with Crippen LogP contribution in [-0.2, 0) is 19.1 Å². The summed E-state index contributed by atoms with van der Waals surface area (Å²) in [4.78, 5) is 38.5. The zero-order valence-corrected chi connectivity index (χ0v) is 18.9. The summed E-state index contributed by atoms with van der Waals surface area (Å²) in [7, 11) is 3.01. The number of hydrogen-bond donors (Lipinski definition) is 1. The van der Waals surface area contributed by atoms with E-state index in [2.05, 4.69) is 0 Å². The Hall–Kier alpha value is -2.85. The number of allylic oxidation sites excluding steroid dienone is 1. The van der Waals surface area contributed by atoms with E-state index in [4.69, 9.17) is 15.2 Å².